The molecule has 4 nitrogen and oxygen atoms in total. The monoisotopic (exact) mass is 332 g/mol. The van der Waals surface area contributed by atoms with E-state index in [-0.39, 0.29) is 11.5 Å². The van der Waals surface area contributed by atoms with Gasteiger partial charge in [-0.25, -0.2) is 0 Å². The number of aromatic carboxylic acids is 1. The Morgan fingerprint density at radius 2 is 2.09 bits per heavy atom. The first kappa shape index (κ1) is 14.9. The summed E-state index contributed by atoms with van der Waals surface area (Å²) >= 11 is 7.38. The summed E-state index contributed by atoms with van der Waals surface area (Å²) in [7, 11) is 0. The Morgan fingerprint density at radius 1 is 1.27 bits per heavy atom. The molecule has 1 heterocycles. The molecule has 2 aromatic carbocycles. The molecule has 1 aliphatic heterocycles. The summed E-state index contributed by atoms with van der Waals surface area (Å²) < 4.78 is 0. The third-order valence-corrected chi connectivity index (χ3v) is 4.65. The smallest absolute Gasteiger partial charge is 0.237 e. The Bertz CT molecular complexity index is 763. The average Bonchev–Trinajstić information content (AvgIpc) is 2.49. The number of rotatable bonds is 3. The summed E-state index contributed by atoms with van der Waals surface area (Å²) in [4.78, 5) is 25.7. The maximum atomic E-state index is 12.2. The molecule has 22 heavy (non-hydrogen) atoms. The van der Waals surface area contributed by atoms with Gasteiger partial charge in [0, 0.05) is 9.92 Å². The number of carbonyl (C=O) groups excluding carboxylic acids is 2. The van der Waals surface area contributed by atoms with E-state index in [4.69, 9.17) is 11.6 Å². The average molecular weight is 333 g/mol. The molecule has 0 saturated carbocycles. The van der Waals surface area contributed by atoms with E-state index >= 15 is 0 Å². The van der Waals surface area contributed by atoms with Gasteiger partial charge >= 0.3 is 0 Å². The summed E-state index contributed by atoms with van der Waals surface area (Å²) in [6.07, 6.45) is 0. The zero-order chi connectivity index (χ0) is 15.7. The highest BCUT2D eigenvalue weighted by molar-refractivity contribution is 8.00. The zero-order valence-corrected chi connectivity index (χ0v) is 13.0. The van der Waals surface area contributed by atoms with E-state index in [9.17, 15) is 14.7 Å². The lowest BCUT2D eigenvalue weighted by molar-refractivity contribution is -0.255. The molecule has 0 N–H and O–H groups in total. The van der Waals surface area contributed by atoms with E-state index in [1.165, 1.54) is 23.9 Å². The Balaban J connectivity index is 1.99. The number of anilines is 1. The van der Waals surface area contributed by atoms with Crippen LogP contribution in [0.4, 0.5) is 5.69 Å². The van der Waals surface area contributed by atoms with Crippen LogP contribution in [0.3, 0.4) is 0 Å². The molecule has 2 aromatic rings. The second kappa shape index (κ2) is 6.02. The third-order valence-electron chi connectivity index (χ3n) is 3.37. The van der Waals surface area contributed by atoms with Crippen molar-refractivity contribution >= 4 is 40.9 Å². The molecule has 0 saturated heterocycles. The Hall–Kier alpha value is -1.98. The van der Waals surface area contributed by atoms with Gasteiger partial charge in [-0.3, -0.25) is 4.79 Å². The van der Waals surface area contributed by atoms with Crippen molar-refractivity contribution < 1.29 is 14.7 Å². The lowest BCUT2D eigenvalue weighted by Gasteiger charge is -2.29. The van der Waals surface area contributed by atoms with Gasteiger partial charge in [0.15, 0.2) is 0 Å². The Labute approximate surface area is 136 Å². The molecule has 0 atom stereocenters. The SMILES string of the molecule is O=C([O-])c1ccc2c(c1)N(Cc1cccc(Cl)c1)C(=O)CS2. The predicted octanol–water partition coefficient (Wildman–Crippen LogP) is 2.34. The van der Waals surface area contributed by atoms with Crippen LogP contribution in [0.2, 0.25) is 5.02 Å². The number of hydrogen-bond donors (Lipinski definition) is 0. The number of benzene rings is 2. The third kappa shape index (κ3) is 2.96. The number of amides is 1. The van der Waals surface area contributed by atoms with Gasteiger partial charge in [-0.2, -0.15) is 0 Å². The maximum Gasteiger partial charge on any atom is 0.237 e. The Morgan fingerprint density at radius 3 is 2.82 bits per heavy atom. The van der Waals surface area contributed by atoms with Crippen molar-refractivity contribution in [2.45, 2.75) is 11.4 Å². The normalized spacial score (nSPS) is 13.9. The lowest BCUT2D eigenvalue weighted by Crippen LogP contribution is -2.35. The van der Waals surface area contributed by atoms with Gasteiger partial charge in [-0.15, -0.1) is 11.8 Å². The molecule has 3 rings (SSSR count). The molecule has 1 amide bonds. The van der Waals surface area contributed by atoms with Gasteiger partial charge in [0.25, 0.3) is 0 Å². The van der Waals surface area contributed by atoms with Crippen molar-refractivity contribution in [3.05, 3.63) is 58.6 Å². The minimum absolute atomic E-state index is 0.0603. The van der Waals surface area contributed by atoms with Crippen LogP contribution in [0, 0.1) is 0 Å². The van der Waals surface area contributed by atoms with E-state index in [1.54, 1.807) is 23.1 Å². The number of carboxylic acids is 1. The molecular formula is C16H11ClNO3S-. The first-order valence-electron chi connectivity index (χ1n) is 6.57. The lowest BCUT2D eigenvalue weighted by atomic mass is 10.1. The highest BCUT2D eigenvalue weighted by Gasteiger charge is 2.25. The topological polar surface area (TPSA) is 60.4 Å². The van der Waals surface area contributed by atoms with Gasteiger partial charge in [-0.05, 0) is 35.4 Å². The van der Waals surface area contributed by atoms with Crippen LogP contribution in [0.25, 0.3) is 0 Å². The number of thioether (sulfide) groups is 1. The molecule has 0 aromatic heterocycles. The largest absolute Gasteiger partial charge is 0.545 e. The van der Waals surface area contributed by atoms with Crippen molar-refractivity contribution in [3.63, 3.8) is 0 Å². The molecule has 0 bridgehead atoms. The number of fused-ring (bicyclic) bond motifs is 1. The number of carboxylic acid groups (broad SMARTS) is 1. The summed E-state index contributed by atoms with van der Waals surface area (Å²) in [5, 5.41) is 11.6. The zero-order valence-electron chi connectivity index (χ0n) is 11.4. The molecule has 0 aliphatic carbocycles. The van der Waals surface area contributed by atoms with Gasteiger partial charge in [0.2, 0.25) is 5.91 Å². The van der Waals surface area contributed by atoms with E-state index in [0.717, 1.165) is 10.5 Å². The van der Waals surface area contributed by atoms with Gasteiger partial charge < -0.3 is 14.8 Å². The number of hydrogen-bond acceptors (Lipinski definition) is 4. The van der Waals surface area contributed by atoms with Crippen LogP contribution in [0.5, 0.6) is 0 Å². The minimum atomic E-state index is -1.26. The number of halogens is 1. The molecule has 1 aliphatic rings. The fourth-order valence-electron chi connectivity index (χ4n) is 2.32. The van der Waals surface area contributed by atoms with Crippen LogP contribution in [0.1, 0.15) is 15.9 Å². The second-order valence-corrected chi connectivity index (χ2v) is 6.32. The quantitative estimate of drug-likeness (QED) is 0.865. The predicted molar refractivity (Wildman–Crippen MR) is 84.1 cm³/mol. The van der Waals surface area contributed by atoms with Crippen molar-refractivity contribution in [2.24, 2.45) is 0 Å². The van der Waals surface area contributed by atoms with Crippen LogP contribution in [-0.4, -0.2) is 17.6 Å². The number of carbonyl (C=O) groups is 2. The van der Waals surface area contributed by atoms with Crippen LogP contribution in [0.15, 0.2) is 47.4 Å². The molecular weight excluding hydrogens is 322 g/mol. The molecule has 0 radical (unpaired) electrons. The fourth-order valence-corrected chi connectivity index (χ4v) is 3.45. The highest BCUT2D eigenvalue weighted by atomic mass is 35.5. The van der Waals surface area contributed by atoms with Crippen molar-refractivity contribution in [1.82, 2.24) is 0 Å². The van der Waals surface area contributed by atoms with Crippen LogP contribution in [-0.2, 0) is 11.3 Å². The summed E-state index contributed by atoms with van der Waals surface area (Å²) in [5.74, 6) is -0.986. The Kier molecular flexibility index (Phi) is 4.09. The van der Waals surface area contributed by atoms with E-state index in [1.807, 2.05) is 12.1 Å². The van der Waals surface area contributed by atoms with E-state index in [2.05, 4.69) is 0 Å². The molecule has 0 fully saturated rings. The van der Waals surface area contributed by atoms with Crippen molar-refractivity contribution in [3.8, 4) is 0 Å². The van der Waals surface area contributed by atoms with Crippen molar-refractivity contribution in [1.29, 1.82) is 0 Å². The van der Waals surface area contributed by atoms with Crippen LogP contribution >= 0.6 is 23.4 Å². The fraction of sp³-hybridized carbons (Fsp3) is 0.125. The summed E-state index contributed by atoms with van der Waals surface area (Å²) in [6.45, 7) is 0.351. The first-order chi connectivity index (χ1) is 10.5. The van der Waals surface area contributed by atoms with E-state index in [0.29, 0.717) is 23.0 Å². The van der Waals surface area contributed by atoms with Gasteiger partial charge in [0.05, 0.1) is 24.0 Å². The maximum absolute atomic E-state index is 12.2. The molecule has 6 heteroatoms. The first-order valence-corrected chi connectivity index (χ1v) is 7.94. The second-order valence-electron chi connectivity index (χ2n) is 4.87. The number of nitrogens with zero attached hydrogens (tertiary/aromatic N) is 1. The minimum Gasteiger partial charge on any atom is -0.545 e. The van der Waals surface area contributed by atoms with Crippen LogP contribution < -0.4 is 10.0 Å². The van der Waals surface area contributed by atoms with E-state index < -0.39 is 5.97 Å². The van der Waals surface area contributed by atoms with Gasteiger partial charge in [-0.1, -0.05) is 29.8 Å². The summed E-state index contributed by atoms with van der Waals surface area (Å²) in [6, 6.07) is 11.9. The highest BCUT2D eigenvalue weighted by Crippen LogP contribution is 2.36. The molecule has 0 spiro atoms. The summed E-state index contributed by atoms with van der Waals surface area (Å²) in [5.41, 5.74) is 1.55. The van der Waals surface area contributed by atoms with Gasteiger partial charge in [0.1, 0.15) is 0 Å². The molecule has 0 unspecified atom stereocenters. The standard InChI is InChI=1S/C16H12ClNO3S/c17-12-3-1-2-10(6-12)8-18-13-7-11(16(20)21)4-5-14(13)22-9-15(18)19/h1-7H,8-9H2,(H,20,21)/p-1. The van der Waals surface area contributed by atoms with Crippen molar-refractivity contribution in [2.75, 3.05) is 10.7 Å². The molecule has 112 valence electrons.